The summed E-state index contributed by atoms with van der Waals surface area (Å²) in [5.41, 5.74) is 1.31. The van der Waals surface area contributed by atoms with E-state index >= 15 is 0 Å². The Labute approximate surface area is 227 Å². The van der Waals surface area contributed by atoms with Gasteiger partial charge in [0.25, 0.3) is 0 Å². The Kier molecular flexibility index (Phi) is 9.26. The fourth-order valence-electron chi connectivity index (χ4n) is 3.59. The van der Waals surface area contributed by atoms with Crippen LogP contribution >= 0.6 is 24.8 Å². The number of carboxylic acids is 4. The summed E-state index contributed by atoms with van der Waals surface area (Å²) in [6.07, 6.45) is 6.55. The number of benzene rings is 2. The van der Waals surface area contributed by atoms with E-state index in [4.69, 9.17) is 0 Å². The van der Waals surface area contributed by atoms with Gasteiger partial charge in [-0.3, -0.25) is 0 Å². The Morgan fingerprint density at radius 2 is 0.816 bits per heavy atom. The number of aromatic carboxylic acids is 4. The van der Waals surface area contributed by atoms with Crippen LogP contribution in [0.4, 0.5) is 0 Å². The standard InChI is InChI=1S/C26H16N2O8.2ClH/c29-23(30)17-9-18(24(31)32)12-21(11-17)27-5-1-15(2-6-27)16-3-7-28(8-4-16)22-13-19(25(33)34)10-20(14-22)26(35)36;;/h1-14H,(H2-2,29,30,31,32,33,34,35,36);2*1H. The second kappa shape index (κ2) is 12.0. The van der Waals surface area contributed by atoms with Crippen LogP contribution in [0.1, 0.15) is 41.4 Å². The van der Waals surface area contributed by atoms with E-state index < -0.39 is 23.9 Å². The van der Waals surface area contributed by atoms with Gasteiger partial charge in [-0.1, -0.05) is 0 Å². The van der Waals surface area contributed by atoms with E-state index in [2.05, 4.69) is 0 Å². The van der Waals surface area contributed by atoms with E-state index in [0.717, 1.165) is 23.3 Å². The van der Waals surface area contributed by atoms with Crippen molar-refractivity contribution in [2.24, 2.45) is 0 Å². The molecule has 0 unspecified atom stereocenters. The van der Waals surface area contributed by atoms with Crippen LogP contribution in [-0.4, -0.2) is 34.1 Å². The first-order valence-electron chi connectivity index (χ1n) is 10.4. The van der Waals surface area contributed by atoms with Crippen LogP contribution in [0.3, 0.4) is 0 Å². The van der Waals surface area contributed by atoms with Gasteiger partial charge in [-0.25, -0.2) is 9.59 Å². The van der Waals surface area contributed by atoms with E-state index in [1.165, 1.54) is 28.8 Å². The summed E-state index contributed by atoms with van der Waals surface area (Å²) >= 11 is 0. The molecule has 194 valence electrons. The summed E-state index contributed by atoms with van der Waals surface area (Å²) < 4.78 is 3.12. The molecule has 0 amide bonds. The Bertz CT molecular complexity index is 1360. The van der Waals surface area contributed by atoms with Gasteiger partial charge in [0.1, 0.15) is 0 Å². The Morgan fingerprint density at radius 3 is 1.11 bits per heavy atom. The molecule has 2 heterocycles. The fourth-order valence-corrected chi connectivity index (χ4v) is 3.59. The van der Waals surface area contributed by atoms with Gasteiger partial charge in [0, 0.05) is 59.7 Å². The van der Waals surface area contributed by atoms with Gasteiger partial charge in [-0.05, 0) is 23.3 Å². The van der Waals surface area contributed by atoms with E-state index in [1.807, 2.05) is 0 Å². The maximum Gasteiger partial charge on any atom is 0.335 e. The molecule has 4 aromatic rings. The normalized spacial score (nSPS) is 10.0. The summed E-state index contributed by atoms with van der Waals surface area (Å²) in [6, 6.07) is 14.3. The minimum atomic E-state index is -1.52. The molecule has 0 aliphatic rings. The molecule has 0 fully saturated rings. The molecule has 0 atom stereocenters. The van der Waals surface area contributed by atoms with Crippen molar-refractivity contribution in [1.82, 2.24) is 0 Å². The highest BCUT2D eigenvalue weighted by Gasteiger charge is 2.17. The molecular weight excluding hydrogens is 539 g/mol. The molecule has 2 aromatic carbocycles. The zero-order valence-corrected chi connectivity index (χ0v) is 20.8. The molecule has 12 heteroatoms. The Hall–Kier alpha value is -4.80. The predicted molar refractivity (Wildman–Crippen MR) is 132 cm³/mol. The highest BCUT2D eigenvalue weighted by atomic mass is 35.5. The molecule has 2 N–H and O–H groups in total. The molecule has 4 rings (SSSR count). The number of hydrogen-bond acceptors (Lipinski definition) is 6. The molecule has 0 radical (unpaired) electrons. The summed E-state index contributed by atoms with van der Waals surface area (Å²) in [7, 11) is 0. The van der Waals surface area contributed by atoms with Crippen LogP contribution in [0, 0.1) is 0 Å². The molecule has 0 spiro atoms. The van der Waals surface area contributed by atoms with Crippen molar-refractivity contribution in [3.05, 3.63) is 108 Å². The average molecular weight is 557 g/mol. The number of carboxylic acid groups (broad SMARTS) is 4. The van der Waals surface area contributed by atoms with E-state index in [9.17, 15) is 39.6 Å². The number of nitrogens with zero attached hydrogens (tertiary/aromatic N) is 2. The van der Waals surface area contributed by atoms with Crippen LogP contribution in [0.5, 0.6) is 0 Å². The number of pyridine rings is 2. The van der Waals surface area contributed by atoms with Crippen LogP contribution in [0.15, 0.2) is 85.5 Å². The van der Waals surface area contributed by atoms with E-state index in [0.29, 0.717) is 11.4 Å². The molecule has 0 aliphatic carbocycles. The summed E-state index contributed by atoms with van der Waals surface area (Å²) in [5.74, 6) is -5.52. The van der Waals surface area contributed by atoms with Gasteiger partial charge in [0.2, 0.25) is 11.4 Å². The van der Waals surface area contributed by atoms with Crippen molar-refractivity contribution in [2.75, 3.05) is 0 Å². The molecular formula is C26H18Cl2N2O8. The minimum absolute atomic E-state index is 0. The van der Waals surface area contributed by atoms with Crippen molar-refractivity contribution in [1.29, 1.82) is 0 Å². The van der Waals surface area contributed by atoms with Crippen molar-refractivity contribution < 1.29 is 48.7 Å². The lowest BCUT2D eigenvalue weighted by Crippen LogP contribution is -2.32. The van der Waals surface area contributed by atoms with Gasteiger partial charge in [-0.15, -0.1) is 24.8 Å². The zero-order valence-electron chi connectivity index (χ0n) is 19.1. The largest absolute Gasteiger partial charge is 0.545 e. The lowest BCUT2D eigenvalue weighted by molar-refractivity contribution is -0.596. The second-order valence-electron chi connectivity index (χ2n) is 7.71. The molecule has 0 aliphatic heterocycles. The van der Waals surface area contributed by atoms with Crippen molar-refractivity contribution in [3.8, 4) is 22.5 Å². The monoisotopic (exact) mass is 556 g/mol. The predicted octanol–water partition coefficient (Wildman–Crippen LogP) is 0.874. The molecule has 10 nitrogen and oxygen atoms in total. The first-order valence-corrected chi connectivity index (χ1v) is 10.4. The molecule has 0 bridgehead atoms. The molecule has 0 saturated carbocycles. The summed E-state index contributed by atoms with van der Waals surface area (Å²) in [6.45, 7) is 0. The topological polar surface area (TPSA) is 163 Å². The fraction of sp³-hybridized carbons (Fsp3) is 0. The lowest BCUT2D eigenvalue weighted by Gasteiger charge is -2.08. The molecule has 2 aromatic heterocycles. The van der Waals surface area contributed by atoms with Crippen molar-refractivity contribution >= 4 is 48.7 Å². The first kappa shape index (κ1) is 29.4. The third-order valence-corrected chi connectivity index (χ3v) is 5.39. The summed E-state index contributed by atoms with van der Waals surface area (Å²) in [4.78, 5) is 45.2. The number of halogens is 2. The van der Waals surface area contributed by atoms with Gasteiger partial charge < -0.3 is 30.0 Å². The Morgan fingerprint density at radius 1 is 0.526 bits per heavy atom. The molecule has 0 saturated heterocycles. The minimum Gasteiger partial charge on any atom is -0.545 e. The number of rotatable bonds is 7. The third-order valence-electron chi connectivity index (χ3n) is 5.39. The number of carbonyl (C=O) groups excluding carboxylic acids is 2. The molecule has 38 heavy (non-hydrogen) atoms. The van der Waals surface area contributed by atoms with Gasteiger partial charge >= 0.3 is 11.9 Å². The zero-order chi connectivity index (χ0) is 26.0. The van der Waals surface area contributed by atoms with Crippen LogP contribution < -0.4 is 19.3 Å². The van der Waals surface area contributed by atoms with Gasteiger partial charge in [-0.2, -0.15) is 9.13 Å². The van der Waals surface area contributed by atoms with E-state index in [1.54, 1.807) is 53.6 Å². The highest BCUT2D eigenvalue weighted by Crippen LogP contribution is 2.18. The van der Waals surface area contributed by atoms with Crippen LogP contribution in [-0.2, 0) is 0 Å². The Balaban J connectivity index is 0.00000253. The number of carbonyl (C=O) groups is 4. The number of hydrogen-bond donors (Lipinski definition) is 2. The summed E-state index contributed by atoms with van der Waals surface area (Å²) in [5, 5.41) is 41.0. The highest BCUT2D eigenvalue weighted by molar-refractivity contribution is 5.94. The maximum atomic E-state index is 11.4. The lowest BCUT2D eigenvalue weighted by atomic mass is 10.1. The van der Waals surface area contributed by atoms with Gasteiger partial charge in [0.15, 0.2) is 24.8 Å². The first-order chi connectivity index (χ1) is 17.1. The number of aromatic nitrogens is 2. The maximum absolute atomic E-state index is 11.4. The van der Waals surface area contributed by atoms with Crippen molar-refractivity contribution in [2.45, 2.75) is 0 Å². The SMILES string of the molecule is Cl.Cl.O=C([O-])c1cc(C(=O)[O-])cc(-[n+]2ccc(-c3cc[n+](-c4cc(C(=O)O)cc(C(=O)O)c4)cc3)cc2)c1. The second-order valence-corrected chi connectivity index (χ2v) is 7.71. The average Bonchev–Trinajstić information content (AvgIpc) is 2.88. The quantitative estimate of drug-likeness (QED) is 0.317. The van der Waals surface area contributed by atoms with Crippen molar-refractivity contribution in [3.63, 3.8) is 0 Å². The third kappa shape index (κ3) is 6.30. The van der Waals surface area contributed by atoms with Crippen LogP contribution in [0.25, 0.3) is 22.5 Å². The smallest absolute Gasteiger partial charge is 0.335 e. The van der Waals surface area contributed by atoms with Gasteiger partial charge in [0.05, 0.1) is 23.1 Å². The van der Waals surface area contributed by atoms with E-state index in [-0.39, 0.29) is 47.1 Å². The van der Waals surface area contributed by atoms with Crippen LogP contribution in [0.2, 0.25) is 0 Å².